The summed E-state index contributed by atoms with van der Waals surface area (Å²) in [5, 5.41) is 11.3. The van der Waals surface area contributed by atoms with Crippen LogP contribution >= 0.6 is 0 Å². The number of anilines is 1. The highest BCUT2D eigenvalue weighted by Crippen LogP contribution is 2.23. The van der Waals surface area contributed by atoms with Crippen LogP contribution in [-0.4, -0.2) is 61.6 Å². The molecule has 0 N–H and O–H groups in total. The molecule has 0 bridgehead atoms. The number of nitro groups is 1. The summed E-state index contributed by atoms with van der Waals surface area (Å²) in [6.07, 6.45) is 0.747. The molecule has 0 saturated carbocycles. The van der Waals surface area contributed by atoms with Crippen molar-refractivity contribution in [3.63, 3.8) is 0 Å². The van der Waals surface area contributed by atoms with E-state index in [1.165, 1.54) is 12.1 Å². The van der Waals surface area contributed by atoms with E-state index in [0.717, 1.165) is 30.5 Å². The lowest BCUT2D eigenvalue weighted by molar-refractivity contribution is -0.384. The third-order valence-corrected chi connectivity index (χ3v) is 5.11. The maximum absolute atomic E-state index is 13.1. The molecule has 3 rings (SSSR count). The van der Waals surface area contributed by atoms with E-state index in [1.807, 2.05) is 24.3 Å². The van der Waals surface area contributed by atoms with Crippen molar-refractivity contribution < 1.29 is 24.0 Å². The van der Waals surface area contributed by atoms with E-state index in [1.54, 1.807) is 18.9 Å². The van der Waals surface area contributed by atoms with Crippen LogP contribution in [0.1, 0.15) is 34.1 Å². The molecule has 0 radical (unpaired) electrons. The molecule has 0 aromatic heterocycles. The van der Waals surface area contributed by atoms with Crippen molar-refractivity contribution in [3.8, 4) is 5.75 Å². The molecule has 0 atom stereocenters. The number of esters is 1. The Bertz CT molecular complexity index is 960. The highest BCUT2D eigenvalue weighted by Gasteiger charge is 2.24. The number of ether oxygens (including phenoxy) is 2. The third kappa shape index (κ3) is 5.30. The number of hydrogen-bond acceptors (Lipinski definition) is 7. The van der Waals surface area contributed by atoms with Gasteiger partial charge < -0.3 is 19.3 Å². The van der Waals surface area contributed by atoms with Gasteiger partial charge in [-0.2, -0.15) is 0 Å². The van der Waals surface area contributed by atoms with Gasteiger partial charge in [0.25, 0.3) is 11.6 Å². The normalized spacial score (nSPS) is 14.0. The summed E-state index contributed by atoms with van der Waals surface area (Å²) in [5.74, 6) is -0.258. The molecule has 1 amide bonds. The second-order valence-corrected chi connectivity index (χ2v) is 7.08. The average Bonchev–Trinajstić information content (AvgIpc) is 3.05. The van der Waals surface area contributed by atoms with Crippen LogP contribution in [0.4, 0.5) is 11.4 Å². The minimum atomic E-state index is -0.693. The summed E-state index contributed by atoms with van der Waals surface area (Å²) in [4.78, 5) is 39.7. The molecule has 0 aliphatic carbocycles. The predicted octanol–water partition coefficient (Wildman–Crippen LogP) is 3.13. The number of methoxy groups -OCH3 is 1. The van der Waals surface area contributed by atoms with Crippen molar-refractivity contribution in [2.24, 2.45) is 0 Å². The number of nitrogens with zero attached hydrogens (tertiary/aromatic N) is 3. The first kappa shape index (κ1) is 22.1. The minimum Gasteiger partial charge on any atom is -0.497 e. The van der Waals surface area contributed by atoms with E-state index in [4.69, 9.17) is 9.47 Å². The van der Waals surface area contributed by atoms with Gasteiger partial charge in [0.1, 0.15) is 5.75 Å². The van der Waals surface area contributed by atoms with E-state index in [-0.39, 0.29) is 29.3 Å². The fraction of sp³-hybridized carbons (Fsp3) is 0.364. The van der Waals surface area contributed by atoms with Crippen LogP contribution in [0.25, 0.3) is 0 Å². The summed E-state index contributed by atoms with van der Waals surface area (Å²) in [7, 11) is 1.62. The van der Waals surface area contributed by atoms with Crippen molar-refractivity contribution in [1.29, 1.82) is 0 Å². The summed E-state index contributed by atoms with van der Waals surface area (Å²) < 4.78 is 10.1. The number of rotatable bonds is 6. The molecule has 1 aliphatic heterocycles. The van der Waals surface area contributed by atoms with Crippen LogP contribution in [0, 0.1) is 10.1 Å². The first-order chi connectivity index (χ1) is 14.9. The maximum Gasteiger partial charge on any atom is 0.338 e. The largest absolute Gasteiger partial charge is 0.497 e. The van der Waals surface area contributed by atoms with Crippen LogP contribution in [0.5, 0.6) is 5.75 Å². The number of hydrogen-bond donors (Lipinski definition) is 0. The van der Waals surface area contributed by atoms with E-state index in [2.05, 4.69) is 4.90 Å². The lowest BCUT2D eigenvalue weighted by Gasteiger charge is -2.24. The summed E-state index contributed by atoms with van der Waals surface area (Å²) in [5.41, 5.74) is 0.822. The van der Waals surface area contributed by atoms with Crippen molar-refractivity contribution >= 4 is 23.3 Å². The van der Waals surface area contributed by atoms with Crippen molar-refractivity contribution in [1.82, 2.24) is 4.90 Å². The molecule has 9 nitrogen and oxygen atoms in total. The van der Waals surface area contributed by atoms with Gasteiger partial charge in [-0.05, 0) is 43.7 Å². The van der Waals surface area contributed by atoms with E-state index >= 15 is 0 Å². The third-order valence-electron chi connectivity index (χ3n) is 5.11. The Hall–Kier alpha value is -3.62. The standard InChI is InChI=1S/C22H25N3O6/c1-3-31-22(27)17-13-16(14-19(15-17)25(28)29)21(26)24-10-4-9-23(11-12-24)18-5-7-20(30-2)8-6-18/h5-8,13-15H,3-4,9-12H2,1-2H3. The summed E-state index contributed by atoms with van der Waals surface area (Å²) in [6.45, 7) is 4.16. The van der Waals surface area contributed by atoms with Crippen LogP contribution < -0.4 is 9.64 Å². The zero-order valence-electron chi connectivity index (χ0n) is 17.6. The fourth-order valence-corrected chi connectivity index (χ4v) is 3.53. The molecule has 0 spiro atoms. The molecule has 31 heavy (non-hydrogen) atoms. The minimum absolute atomic E-state index is 0.00548. The first-order valence-electron chi connectivity index (χ1n) is 10.1. The number of carbonyl (C=O) groups is 2. The second-order valence-electron chi connectivity index (χ2n) is 7.08. The van der Waals surface area contributed by atoms with Crippen LogP contribution in [-0.2, 0) is 4.74 Å². The Morgan fingerprint density at radius 1 is 1.03 bits per heavy atom. The molecule has 2 aromatic carbocycles. The first-order valence-corrected chi connectivity index (χ1v) is 10.1. The van der Waals surface area contributed by atoms with Gasteiger partial charge in [0.05, 0.1) is 24.2 Å². The zero-order valence-corrected chi connectivity index (χ0v) is 17.6. The number of non-ortho nitro benzene ring substituents is 1. The van der Waals surface area contributed by atoms with Gasteiger partial charge in [-0.25, -0.2) is 4.79 Å². The van der Waals surface area contributed by atoms with Gasteiger partial charge in [-0.15, -0.1) is 0 Å². The van der Waals surface area contributed by atoms with Gasteiger partial charge in [0.2, 0.25) is 0 Å². The molecular formula is C22H25N3O6. The topological polar surface area (TPSA) is 102 Å². The number of amides is 1. The van der Waals surface area contributed by atoms with E-state index in [9.17, 15) is 19.7 Å². The average molecular weight is 427 g/mol. The van der Waals surface area contributed by atoms with Gasteiger partial charge in [0, 0.05) is 49.6 Å². The van der Waals surface area contributed by atoms with Crippen molar-refractivity contribution in [2.75, 3.05) is 44.8 Å². The molecular weight excluding hydrogens is 402 g/mol. The maximum atomic E-state index is 13.1. The number of carbonyl (C=O) groups excluding carboxylic acids is 2. The molecule has 164 valence electrons. The highest BCUT2D eigenvalue weighted by atomic mass is 16.6. The van der Waals surface area contributed by atoms with E-state index < -0.39 is 10.9 Å². The monoisotopic (exact) mass is 427 g/mol. The number of benzene rings is 2. The Morgan fingerprint density at radius 3 is 2.39 bits per heavy atom. The van der Waals surface area contributed by atoms with Crippen LogP contribution in [0.2, 0.25) is 0 Å². The quantitative estimate of drug-likeness (QED) is 0.396. The predicted molar refractivity (Wildman–Crippen MR) is 115 cm³/mol. The SMILES string of the molecule is CCOC(=O)c1cc(C(=O)N2CCCN(c3ccc(OC)cc3)CC2)cc([N+](=O)[O-])c1. The Labute approximate surface area is 180 Å². The van der Waals surface area contributed by atoms with Crippen molar-refractivity contribution in [3.05, 3.63) is 63.7 Å². The molecule has 1 fully saturated rings. The van der Waals surface area contributed by atoms with Gasteiger partial charge in [-0.1, -0.05) is 0 Å². The molecule has 9 heteroatoms. The fourth-order valence-electron chi connectivity index (χ4n) is 3.53. The van der Waals surface area contributed by atoms with E-state index in [0.29, 0.717) is 19.6 Å². The summed E-state index contributed by atoms with van der Waals surface area (Å²) >= 11 is 0. The number of nitro benzene ring substituents is 1. The molecule has 0 unspecified atom stereocenters. The van der Waals surface area contributed by atoms with Crippen LogP contribution in [0.3, 0.4) is 0 Å². The lowest BCUT2D eigenvalue weighted by atomic mass is 10.1. The van der Waals surface area contributed by atoms with Crippen molar-refractivity contribution in [2.45, 2.75) is 13.3 Å². The summed E-state index contributed by atoms with van der Waals surface area (Å²) in [6, 6.07) is 11.4. The van der Waals surface area contributed by atoms with Gasteiger partial charge in [0.15, 0.2) is 0 Å². The van der Waals surface area contributed by atoms with Gasteiger partial charge >= 0.3 is 5.97 Å². The molecule has 1 heterocycles. The smallest absolute Gasteiger partial charge is 0.338 e. The molecule has 1 saturated heterocycles. The Kier molecular flexibility index (Phi) is 7.07. The molecule has 1 aliphatic rings. The molecule has 2 aromatic rings. The Morgan fingerprint density at radius 2 is 1.74 bits per heavy atom. The lowest BCUT2D eigenvalue weighted by Crippen LogP contribution is -2.35. The second kappa shape index (κ2) is 9.92. The Balaban J connectivity index is 1.77. The zero-order chi connectivity index (χ0) is 22.4. The van der Waals surface area contributed by atoms with Gasteiger partial charge in [-0.3, -0.25) is 14.9 Å². The van der Waals surface area contributed by atoms with Crippen LogP contribution in [0.15, 0.2) is 42.5 Å². The highest BCUT2D eigenvalue weighted by molar-refractivity contribution is 5.99.